The Kier molecular flexibility index (Phi) is 5.46. The lowest BCUT2D eigenvalue weighted by Gasteiger charge is -2.07. The molecule has 0 bridgehead atoms. The van der Waals surface area contributed by atoms with Gasteiger partial charge in [-0.05, 0) is 36.4 Å². The first-order valence-electron chi connectivity index (χ1n) is 6.91. The molecule has 0 aromatic heterocycles. The highest BCUT2D eigenvalue weighted by Crippen LogP contribution is 2.10. The van der Waals surface area contributed by atoms with E-state index in [1.165, 1.54) is 7.11 Å². The summed E-state index contributed by atoms with van der Waals surface area (Å²) >= 11 is 0. The first-order chi connectivity index (χ1) is 11.1. The van der Waals surface area contributed by atoms with Crippen molar-refractivity contribution < 1.29 is 19.1 Å². The van der Waals surface area contributed by atoms with E-state index < -0.39 is 5.97 Å². The molecule has 0 aliphatic rings. The van der Waals surface area contributed by atoms with Crippen molar-refractivity contribution in [3.05, 3.63) is 65.7 Å². The van der Waals surface area contributed by atoms with E-state index in [4.69, 9.17) is 0 Å². The van der Waals surface area contributed by atoms with E-state index in [1.807, 2.05) is 6.07 Å². The normalized spacial score (nSPS) is 9.78. The maximum atomic E-state index is 11.8. The summed E-state index contributed by atoms with van der Waals surface area (Å²) in [6.45, 7) is -0.146. The maximum absolute atomic E-state index is 11.8. The fourth-order valence-corrected chi connectivity index (χ4v) is 1.86. The van der Waals surface area contributed by atoms with Gasteiger partial charge in [-0.2, -0.15) is 0 Å². The molecule has 0 unspecified atom stereocenters. The molecule has 2 N–H and O–H groups in total. The van der Waals surface area contributed by atoms with Gasteiger partial charge in [-0.1, -0.05) is 18.2 Å². The Bertz CT molecular complexity index is 696. The second-order valence-corrected chi connectivity index (χ2v) is 4.67. The molecule has 6 heteroatoms. The maximum Gasteiger partial charge on any atom is 0.337 e. The highest BCUT2D eigenvalue weighted by molar-refractivity contribution is 5.99. The van der Waals surface area contributed by atoms with Crippen molar-refractivity contribution in [3.8, 4) is 0 Å². The van der Waals surface area contributed by atoms with Crippen LogP contribution in [0.15, 0.2) is 54.6 Å². The van der Waals surface area contributed by atoms with Crippen molar-refractivity contribution in [2.75, 3.05) is 19.0 Å². The minimum absolute atomic E-state index is 0.146. The van der Waals surface area contributed by atoms with Crippen LogP contribution >= 0.6 is 0 Å². The SMILES string of the molecule is COC(=O)c1ccc(NC(=O)CNC(=O)c2ccccc2)cc1. The van der Waals surface area contributed by atoms with Crippen LogP contribution in [0.5, 0.6) is 0 Å². The zero-order chi connectivity index (χ0) is 16.7. The summed E-state index contributed by atoms with van der Waals surface area (Å²) in [5.74, 6) is -1.13. The quantitative estimate of drug-likeness (QED) is 0.825. The summed E-state index contributed by atoms with van der Waals surface area (Å²) in [5.41, 5.74) is 1.40. The van der Waals surface area contributed by atoms with Crippen molar-refractivity contribution >= 4 is 23.5 Å². The summed E-state index contributed by atoms with van der Waals surface area (Å²) in [4.78, 5) is 34.9. The number of benzene rings is 2. The number of amides is 2. The molecular formula is C17H16N2O4. The van der Waals surface area contributed by atoms with Crippen LogP contribution < -0.4 is 10.6 Å². The number of esters is 1. The van der Waals surface area contributed by atoms with Gasteiger partial charge in [0.25, 0.3) is 5.91 Å². The van der Waals surface area contributed by atoms with Gasteiger partial charge in [0.05, 0.1) is 19.2 Å². The Morgan fingerprint density at radius 2 is 1.57 bits per heavy atom. The topological polar surface area (TPSA) is 84.5 Å². The third-order valence-corrected chi connectivity index (χ3v) is 3.04. The first kappa shape index (κ1) is 16.2. The van der Waals surface area contributed by atoms with E-state index >= 15 is 0 Å². The molecule has 6 nitrogen and oxygen atoms in total. The lowest BCUT2D eigenvalue weighted by molar-refractivity contribution is -0.115. The molecule has 0 saturated heterocycles. The summed E-state index contributed by atoms with van der Waals surface area (Å²) in [6, 6.07) is 14.9. The largest absolute Gasteiger partial charge is 0.465 e. The van der Waals surface area contributed by atoms with E-state index in [0.29, 0.717) is 16.8 Å². The number of carbonyl (C=O) groups excluding carboxylic acids is 3. The fraction of sp³-hybridized carbons (Fsp3) is 0.118. The van der Waals surface area contributed by atoms with Gasteiger partial charge in [-0.25, -0.2) is 4.79 Å². The summed E-state index contributed by atoms with van der Waals surface area (Å²) in [7, 11) is 1.30. The molecule has 0 fully saturated rings. The van der Waals surface area contributed by atoms with Crippen LogP contribution in [0.3, 0.4) is 0 Å². The smallest absolute Gasteiger partial charge is 0.337 e. The number of ether oxygens (including phenoxy) is 1. The van der Waals surface area contributed by atoms with Gasteiger partial charge >= 0.3 is 5.97 Å². The van der Waals surface area contributed by atoms with Crippen LogP contribution in [0, 0.1) is 0 Å². The molecule has 23 heavy (non-hydrogen) atoms. The molecule has 2 aromatic carbocycles. The highest BCUT2D eigenvalue weighted by Gasteiger charge is 2.09. The van der Waals surface area contributed by atoms with Gasteiger partial charge in [0.15, 0.2) is 0 Å². The van der Waals surface area contributed by atoms with E-state index in [1.54, 1.807) is 48.5 Å². The Balaban J connectivity index is 1.85. The molecule has 0 radical (unpaired) electrons. The molecule has 2 rings (SSSR count). The van der Waals surface area contributed by atoms with Crippen molar-refractivity contribution in [1.29, 1.82) is 0 Å². The molecule has 0 spiro atoms. The first-order valence-corrected chi connectivity index (χ1v) is 6.91. The number of rotatable bonds is 5. The lowest BCUT2D eigenvalue weighted by atomic mass is 10.2. The number of nitrogens with one attached hydrogen (secondary N) is 2. The van der Waals surface area contributed by atoms with E-state index in [-0.39, 0.29) is 18.4 Å². The van der Waals surface area contributed by atoms with Gasteiger partial charge in [0.2, 0.25) is 5.91 Å². The fourth-order valence-electron chi connectivity index (χ4n) is 1.86. The second kappa shape index (κ2) is 7.74. The molecule has 2 amide bonds. The highest BCUT2D eigenvalue weighted by atomic mass is 16.5. The zero-order valence-electron chi connectivity index (χ0n) is 12.5. The average Bonchev–Trinajstić information content (AvgIpc) is 2.60. The van der Waals surface area contributed by atoms with Crippen molar-refractivity contribution in [3.63, 3.8) is 0 Å². The monoisotopic (exact) mass is 312 g/mol. The predicted octanol–water partition coefficient (Wildman–Crippen LogP) is 1.84. The van der Waals surface area contributed by atoms with Crippen LogP contribution in [0.4, 0.5) is 5.69 Å². The predicted molar refractivity (Wildman–Crippen MR) is 85.2 cm³/mol. The number of hydrogen-bond donors (Lipinski definition) is 2. The number of hydrogen-bond acceptors (Lipinski definition) is 4. The summed E-state index contributed by atoms with van der Waals surface area (Å²) in [5, 5.41) is 5.16. The number of carbonyl (C=O) groups is 3. The molecule has 118 valence electrons. The molecule has 0 heterocycles. The van der Waals surface area contributed by atoms with E-state index in [0.717, 1.165) is 0 Å². The van der Waals surface area contributed by atoms with Crippen molar-refractivity contribution in [2.24, 2.45) is 0 Å². The molecular weight excluding hydrogens is 296 g/mol. The van der Waals surface area contributed by atoms with Gasteiger partial charge in [0.1, 0.15) is 0 Å². The zero-order valence-corrected chi connectivity index (χ0v) is 12.5. The van der Waals surface area contributed by atoms with Crippen molar-refractivity contribution in [2.45, 2.75) is 0 Å². The third kappa shape index (κ3) is 4.67. The van der Waals surface area contributed by atoms with Crippen LogP contribution in [0.1, 0.15) is 20.7 Å². The van der Waals surface area contributed by atoms with Crippen LogP contribution in [-0.4, -0.2) is 31.4 Å². The Morgan fingerprint density at radius 3 is 2.17 bits per heavy atom. The van der Waals surface area contributed by atoms with E-state index in [2.05, 4.69) is 15.4 Å². The third-order valence-electron chi connectivity index (χ3n) is 3.04. The molecule has 0 atom stereocenters. The molecule has 0 aliphatic carbocycles. The van der Waals surface area contributed by atoms with Crippen molar-refractivity contribution in [1.82, 2.24) is 5.32 Å². The molecule has 0 aliphatic heterocycles. The Morgan fingerprint density at radius 1 is 0.913 bits per heavy atom. The van der Waals surface area contributed by atoms with Gasteiger partial charge in [0, 0.05) is 11.3 Å². The standard InChI is InChI=1S/C17H16N2O4/c1-23-17(22)13-7-9-14(10-8-13)19-15(20)11-18-16(21)12-5-3-2-4-6-12/h2-10H,11H2,1H3,(H,18,21)(H,19,20). The van der Waals surface area contributed by atoms with Gasteiger partial charge in [-0.3, -0.25) is 9.59 Å². The van der Waals surface area contributed by atoms with Gasteiger partial charge in [-0.15, -0.1) is 0 Å². The van der Waals surface area contributed by atoms with Crippen LogP contribution in [-0.2, 0) is 9.53 Å². The number of anilines is 1. The lowest BCUT2D eigenvalue weighted by Crippen LogP contribution is -2.32. The number of methoxy groups -OCH3 is 1. The van der Waals surface area contributed by atoms with Crippen LogP contribution in [0.25, 0.3) is 0 Å². The average molecular weight is 312 g/mol. The van der Waals surface area contributed by atoms with Crippen LogP contribution in [0.2, 0.25) is 0 Å². The summed E-state index contributed by atoms with van der Waals surface area (Å²) < 4.78 is 4.59. The van der Waals surface area contributed by atoms with Gasteiger partial charge < -0.3 is 15.4 Å². The molecule has 0 saturated carbocycles. The Hall–Kier alpha value is -3.15. The minimum atomic E-state index is -0.446. The van der Waals surface area contributed by atoms with E-state index in [9.17, 15) is 14.4 Å². The molecule has 2 aromatic rings. The summed E-state index contributed by atoms with van der Waals surface area (Å²) in [6.07, 6.45) is 0. The Labute approximate surface area is 133 Å². The minimum Gasteiger partial charge on any atom is -0.465 e. The second-order valence-electron chi connectivity index (χ2n) is 4.67.